The average molecular weight is 567 g/mol. The number of pyridine rings is 1. The second-order valence-electron chi connectivity index (χ2n) is 10.4. The Morgan fingerprint density at radius 1 is 1.02 bits per heavy atom. The first-order chi connectivity index (χ1) is 19.8. The van der Waals surface area contributed by atoms with Crippen molar-refractivity contribution >= 4 is 5.97 Å². The first-order valence-electron chi connectivity index (χ1n) is 13.4. The second kappa shape index (κ2) is 11.7. The highest BCUT2D eigenvalue weighted by molar-refractivity contribution is 5.72. The summed E-state index contributed by atoms with van der Waals surface area (Å²) in [5.74, 6) is -0.380. The Morgan fingerprint density at radius 3 is 2.51 bits per heavy atom. The minimum absolute atomic E-state index is 0.0158. The van der Waals surface area contributed by atoms with Gasteiger partial charge in [0.1, 0.15) is 5.76 Å². The van der Waals surface area contributed by atoms with Crippen LogP contribution < -0.4 is 25.2 Å². The molecule has 0 aliphatic carbocycles. The van der Waals surface area contributed by atoms with Crippen LogP contribution in [0.5, 0.6) is 23.0 Å². The number of rotatable bonds is 9. The van der Waals surface area contributed by atoms with Gasteiger partial charge in [-0.1, -0.05) is 12.1 Å². The lowest BCUT2D eigenvalue weighted by atomic mass is 9.83. The SMILES string of the molecule is COC(=O)CC(c1ccc(OC)c(OC)c1OC)c1oc(CN2CC3CC(C2)c2cccc(=O)n2C3)cc(=O)c1O. The van der Waals surface area contributed by atoms with Crippen molar-refractivity contribution in [1.82, 2.24) is 9.47 Å². The number of methoxy groups -OCH3 is 4. The summed E-state index contributed by atoms with van der Waals surface area (Å²) in [6.45, 7) is 2.38. The van der Waals surface area contributed by atoms with Gasteiger partial charge in [-0.3, -0.25) is 19.3 Å². The minimum atomic E-state index is -0.927. The number of hydrogen-bond acceptors (Lipinski definition) is 10. The quantitative estimate of drug-likeness (QED) is 0.386. The van der Waals surface area contributed by atoms with E-state index in [4.69, 9.17) is 23.4 Å². The highest BCUT2D eigenvalue weighted by atomic mass is 16.5. The van der Waals surface area contributed by atoms with Gasteiger partial charge >= 0.3 is 5.97 Å². The van der Waals surface area contributed by atoms with E-state index in [2.05, 4.69) is 4.90 Å². The zero-order valence-electron chi connectivity index (χ0n) is 23.5. The van der Waals surface area contributed by atoms with Gasteiger partial charge < -0.3 is 33.0 Å². The van der Waals surface area contributed by atoms with Crippen LogP contribution >= 0.6 is 0 Å². The summed E-state index contributed by atoms with van der Waals surface area (Å²) < 4.78 is 29.5. The van der Waals surface area contributed by atoms with Crippen LogP contribution in [0.3, 0.4) is 0 Å². The highest BCUT2D eigenvalue weighted by Crippen LogP contribution is 2.46. The Bertz CT molecular complexity index is 1560. The summed E-state index contributed by atoms with van der Waals surface area (Å²) in [5, 5.41) is 10.9. The standard InChI is InChI=1S/C30H34N2O9/c1-37-24-9-8-20(29(39-3)30(24)40-4)21(12-26(35)38-2)28-27(36)23(33)11-19(41-28)16-31-13-17-10-18(15-31)22-6-5-7-25(34)32(22)14-17/h5-9,11,17-18,21,36H,10,12-16H2,1-4H3. The molecule has 2 aliphatic heterocycles. The molecule has 0 saturated carbocycles. The number of fused-ring (bicyclic) bond motifs is 4. The van der Waals surface area contributed by atoms with E-state index >= 15 is 0 Å². The smallest absolute Gasteiger partial charge is 0.306 e. The predicted octanol–water partition coefficient (Wildman–Crippen LogP) is 2.85. The van der Waals surface area contributed by atoms with Gasteiger partial charge in [-0.05, 0) is 24.5 Å². The lowest BCUT2D eigenvalue weighted by molar-refractivity contribution is -0.140. The average Bonchev–Trinajstić information content (AvgIpc) is 2.97. The number of esters is 1. The molecule has 0 radical (unpaired) electrons. The van der Waals surface area contributed by atoms with Gasteiger partial charge in [-0.15, -0.1) is 0 Å². The first kappa shape index (κ1) is 28.3. The molecule has 41 heavy (non-hydrogen) atoms. The normalized spacial score (nSPS) is 18.7. The number of likely N-dealkylation sites (tertiary alicyclic amines) is 1. The fraction of sp³-hybridized carbons (Fsp3) is 0.433. The van der Waals surface area contributed by atoms with Crippen molar-refractivity contribution in [3.63, 3.8) is 0 Å². The number of hydrogen-bond donors (Lipinski definition) is 1. The van der Waals surface area contributed by atoms with Gasteiger partial charge in [0, 0.05) is 48.9 Å². The van der Waals surface area contributed by atoms with Crippen LogP contribution in [-0.4, -0.2) is 62.1 Å². The molecule has 218 valence electrons. The van der Waals surface area contributed by atoms with Crippen molar-refractivity contribution in [2.24, 2.45) is 5.92 Å². The molecule has 11 heteroatoms. The van der Waals surface area contributed by atoms with Crippen molar-refractivity contribution in [3.8, 4) is 23.0 Å². The monoisotopic (exact) mass is 566 g/mol. The summed E-state index contributed by atoms with van der Waals surface area (Å²) >= 11 is 0. The summed E-state index contributed by atoms with van der Waals surface area (Å²) in [6, 6.07) is 9.98. The lowest BCUT2D eigenvalue weighted by Crippen LogP contribution is -2.46. The van der Waals surface area contributed by atoms with Gasteiger partial charge in [-0.25, -0.2) is 0 Å². The van der Waals surface area contributed by atoms with Crippen molar-refractivity contribution in [2.75, 3.05) is 41.5 Å². The highest BCUT2D eigenvalue weighted by Gasteiger charge is 2.36. The molecule has 3 atom stereocenters. The number of carbonyl (C=O) groups is 1. The van der Waals surface area contributed by atoms with Gasteiger partial charge in [0.15, 0.2) is 17.3 Å². The van der Waals surface area contributed by atoms with Gasteiger partial charge in [0.05, 0.1) is 47.3 Å². The van der Waals surface area contributed by atoms with Crippen LogP contribution in [-0.2, 0) is 22.6 Å². The van der Waals surface area contributed by atoms with Gasteiger partial charge in [0.25, 0.3) is 5.56 Å². The number of aromatic nitrogens is 1. The molecular weight excluding hydrogens is 532 g/mol. The van der Waals surface area contributed by atoms with E-state index < -0.39 is 23.1 Å². The molecule has 0 amide bonds. The molecule has 0 spiro atoms. The molecule has 2 aromatic heterocycles. The van der Waals surface area contributed by atoms with Crippen molar-refractivity contribution in [1.29, 1.82) is 0 Å². The molecular formula is C30H34N2O9. The van der Waals surface area contributed by atoms with E-state index in [1.807, 2.05) is 10.6 Å². The molecule has 1 aromatic carbocycles. The Hall–Kier alpha value is -4.25. The number of ether oxygens (including phenoxy) is 4. The zero-order chi connectivity index (χ0) is 29.3. The zero-order valence-corrected chi connectivity index (χ0v) is 23.5. The number of benzene rings is 1. The topological polar surface area (TPSA) is 130 Å². The maximum atomic E-state index is 13.0. The van der Waals surface area contributed by atoms with E-state index in [1.165, 1.54) is 34.5 Å². The number of carbonyl (C=O) groups excluding carboxylic acids is 1. The second-order valence-corrected chi connectivity index (χ2v) is 10.4. The number of nitrogens with zero attached hydrogens (tertiary/aromatic N) is 2. The fourth-order valence-electron chi connectivity index (χ4n) is 6.21. The van der Waals surface area contributed by atoms with Crippen molar-refractivity contribution in [2.45, 2.75) is 37.8 Å². The van der Waals surface area contributed by atoms with Crippen molar-refractivity contribution in [3.05, 3.63) is 79.8 Å². The summed E-state index contributed by atoms with van der Waals surface area (Å²) in [4.78, 5) is 40.1. The van der Waals surface area contributed by atoms with Crippen LogP contribution in [0.25, 0.3) is 0 Å². The minimum Gasteiger partial charge on any atom is -0.502 e. The molecule has 4 heterocycles. The molecule has 1 saturated heterocycles. The maximum absolute atomic E-state index is 13.0. The number of aromatic hydroxyl groups is 1. The molecule has 2 aliphatic rings. The molecule has 3 aromatic rings. The maximum Gasteiger partial charge on any atom is 0.306 e. The lowest BCUT2D eigenvalue weighted by Gasteiger charge is -2.42. The fourth-order valence-corrected chi connectivity index (χ4v) is 6.21. The van der Waals surface area contributed by atoms with E-state index in [0.29, 0.717) is 42.5 Å². The third-order valence-electron chi connectivity index (χ3n) is 7.96. The van der Waals surface area contributed by atoms with E-state index in [1.54, 1.807) is 24.3 Å². The molecule has 3 unspecified atom stereocenters. The third kappa shape index (κ3) is 5.41. The van der Waals surface area contributed by atoms with Crippen LogP contribution in [0.4, 0.5) is 0 Å². The van der Waals surface area contributed by atoms with Crippen LogP contribution in [0.15, 0.2) is 50.4 Å². The van der Waals surface area contributed by atoms with Crippen LogP contribution in [0, 0.1) is 5.92 Å². The van der Waals surface area contributed by atoms with Crippen molar-refractivity contribution < 1.29 is 33.3 Å². The Balaban J connectivity index is 1.52. The Morgan fingerprint density at radius 2 is 1.80 bits per heavy atom. The molecule has 11 nitrogen and oxygen atoms in total. The Labute approximate surface area is 236 Å². The third-order valence-corrected chi connectivity index (χ3v) is 7.96. The molecule has 2 bridgehead atoms. The van der Waals surface area contributed by atoms with E-state index in [0.717, 1.165) is 18.7 Å². The first-order valence-corrected chi connectivity index (χ1v) is 13.4. The predicted molar refractivity (Wildman–Crippen MR) is 148 cm³/mol. The summed E-state index contributed by atoms with van der Waals surface area (Å²) in [7, 11) is 5.66. The molecule has 1 fully saturated rings. The summed E-state index contributed by atoms with van der Waals surface area (Å²) in [5.41, 5.74) is 0.859. The van der Waals surface area contributed by atoms with Gasteiger partial charge in [-0.2, -0.15) is 0 Å². The molecule has 1 N–H and O–H groups in total. The van der Waals surface area contributed by atoms with Gasteiger partial charge in [0.2, 0.25) is 16.9 Å². The Kier molecular flexibility index (Phi) is 8.07. The van der Waals surface area contributed by atoms with E-state index in [-0.39, 0.29) is 35.3 Å². The largest absolute Gasteiger partial charge is 0.502 e. The number of piperidine rings is 1. The van der Waals surface area contributed by atoms with E-state index in [9.17, 15) is 19.5 Å². The summed E-state index contributed by atoms with van der Waals surface area (Å²) in [6.07, 6.45) is 0.757. The van der Waals surface area contributed by atoms with Crippen LogP contribution in [0.2, 0.25) is 0 Å². The molecule has 5 rings (SSSR count). The van der Waals surface area contributed by atoms with Crippen LogP contribution in [0.1, 0.15) is 47.5 Å².